The zero-order valence-electron chi connectivity index (χ0n) is 15.8. The number of thioether (sulfide) groups is 1. The van der Waals surface area contributed by atoms with Crippen LogP contribution in [-0.4, -0.2) is 53.8 Å². The smallest absolute Gasteiger partial charge is 0.271 e. The van der Waals surface area contributed by atoms with Crippen molar-refractivity contribution in [3.63, 3.8) is 0 Å². The van der Waals surface area contributed by atoms with Crippen molar-refractivity contribution in [3.8, 4) is 5.95 Å². The van der Waals surface area contributed by atoms with Crippen LogP contribution in [0.4, 0.5) is 0 Å². The van der Waals surface area contributed by atoms with E-state index in [1.54, 1.807) is 4.68 Å². The number of carbonyl (C=O) groups excluding carboxylic acids is 1. The number of aryl methyl sites for hydroxylation is 2. The Bertz CT molecular complexity index is 778. The van der Waals surface area contributed by atoms with Gasteiger partial charge in [0.05, 0.1) is 10.9 Å². The van der Waals surface area contributed by atoms with Crippen molar-refractivity contribution in [2.75, 3.05) is 12.9 Å². The summed E-state index contributed by atoms with van der Waals surface area (Å²) in [7, 11) is 1.91. The van der Waals surface area contributed by atoms with Crippen LogP contribution in [-0.2, 0) is 4.79 Å². The highest BCUT2D eigenvalue weighted by atomic mass is 32.2. The Kier molecular flexibility index (Phi) is 5.55. The minimum Gasteiger partial charge on any atom is -0.342 e. The van der Waals surface area contributed by atoms with Gasteiger partial charge in [0.1, 0.15) is 0 Å². The standard InChI is InChI=1S/C17H27N7OS/c1-11-10-12(2)24(21-11)16-19-20-17(23(16)18)26-13(3)15(25)22(4)14-8-6-5-7-9-14/h10,13-14H,5-9,18H2,1-4H3. The molecule has 1 aliphatic carbocycles. The van der Waals surface area contributed by atoms with Crippen molar-refractivity contribution in [2.45, 2.75) is 69.3 Å². The van der Waals surface area contributed by atoms with Gasteiger partial charge in [0, 0.05) is 18.8 Å². The molecule has 0 bridgehead atoms. The summed E-state index contributed by atoms with van der Waals surface area (Å²) in [5.74, 6) is 6.72. The van der Waals surface area contributed by atoms with E-state index in [0.29, 0.717) is 17.1 Å². The van der Waals surface area contributed by atoms with Crippen molar-refractivity contribution in [2.24, 2.45) is 0 Å². The van der Waals surface area contributed by atoms with E-state index in [0.717, 1.165) is 24.2 Å². The highest BCUT2D eigenvalue weighted by molar-refractivity contribution is 8.00. The Hall–Kier alpha value is -2.03. The summed E-state index contributed by atoms with van der Waals surface area (Å²) in [6.45, 7) is 5.75. The molecule has 3 rings (SSSR count). The first-order valence-electron chi connectivity index (χ1n) is 9.06. The van der Waals surface area contributed by atoms with Crippen LogP contribution in [0.5, 0.6) is 0 Å². The molecule has 2 N–H and O–H groups in total. The molecule has 2 aromatic rings. The minimum atomic E-state index is -0.276. The Morgan fingerprint density at radius 2 is 2.00 bits per heavy atom. The molecule has 9 heteroatoms. The van der Waals surface area contributed by atoms with Gasteiger partial charge in [-0.3, -0.25) is 4.79 Å². The van der Waals surface area contributed by atoms with Gasteiger partial charge in [-0.15, -0.1) is 10.2 Å². The lowest BCUT2D eigenvalue weighted by molar-refractivity contribution is -0.131. The fraction of sp³-hybridized carbons (Fsp3) is 0.647. The number of nitrogens with zero attached hydrogens (tertiary/aromatic N) is 6. The van der Waals surface area contributed by atoms with Gasteiger partial charge in [-0.2, -0.15) is 5.10 Å². The predicted molar refractivity (Wildman–Crippen MR) is 102 cm³/mol. The minimum absolute atomic E-state index is 0.109. The number of carbonyl (C=O) groups is 1. The van der Waals surface area contributed by atoms with Crippen LogP contribution in [0, 0.1) is 13.8 Å². The van der Waals surface area contributed by atoms with E-state index in [1.807, 2.05) is 38.8 Å². The molecule has 0 aromatic carbocycles. The summed E-state index contributed by atoms with van der Waals surface area (Å²) in [5, 5.41) is 12.9. The Morgan fingerprint density at radius 1 is 1.31 bits per heavy atom. The van der Waals surface area contributed by atoms with Gasteiger partial charge in [-0.05, 0) is 39.7 Å². The summed E-state index contributed by atoms with van der Waals surface area (Å²) in [6, 6.07) is 2.30. The van der Waals surface area contributed by atoms with Crippen LogP contribution < -0.4 is 5.84 Å². The second kappa shape index (κ2) is 7.69. The summed E-state index contributed by atoms with van der Waals surface area (Å²) in [5.41, 5.74) is 1.82. The van der Waals surface area contributed by atoms with Crippen molar-refractivity contribution < 1.29 is 4.79 Å². The summed E-state index contributed by atoms with van der Waals surface area (Å²) in [4.78, 5) is 14.7. The van der Waals surface area contributed by atoms with Crippen LogP contribution in [0.25, 0.3) is 5.95 Å². The van der Waals surface area contributed by atoms with Crippen LogP contribution in [0.3, 0.4) is 0 Å². The number of nitrogen functional groups attached to an aromatic ring is 1. The van der Waals surface area contributed by atoms with E-state index in [1.165, 1.54) is 35.7 Å². The molecule has 1 fully saturated rings. The van der Waals surface area contributed by atoms with Crippen LogP contribution in [0.15, 0.2) is 11.2 Å². The van der Waals surface area contributed by atoms with Gasteiger partial charge in [0.25, 0.3) is 5.95 Å². The molecule has 2 aromatic heterocycles. The van der Waals surface area contributed by atoms with E-state index in [9.17, 15) is 4.79 Å². The number of hydrogen-bond acceptors (Lipinski definition) is 6. The zero-order valence-corrected chi connectivity index (χ0v) is 16.7. The first-order chi connectivity index (χ1) is 12.4. The van der Waals surface area contributed by atoms with Gasteiger partial charge >= 0.3 is 0 Å². The Balaban J connectivity index is 1.70. The Morgan fingerprint density at radius 3 is 2.62 bits per heavy atom. The topological polar surface area (TPSA) is 94.9 Å². The predicted octanol–water partition coefficient (Wildman–Crippen LogP) is 2.07. The van der Waals surface area contributed by atoms with Gasteiger partial charge in [-0.1, -0.05) is 31.0 Å². The molecule has 1 aliphatic rings. The van der Waals surface area contributed by atoms with Crippen molar-refractivity contribution in [3.05, 3.63) is 17.5 Å². The third kappa shape index (κ3) is 3.72. The highest BCUT2D eigenvalue weighted by Gasteiger charge is 2.27. The van der Waals surface area contributed by atoms with Crippen LogP contribution >= 0.6 is 11.8 Å². The lowest BCUT2D eigenvalue weighted by Gasteiger charge is -2.32. The van der Waals surface area contributed by atoms with Gasteiger partial charge < -0.3 is 10.7 Å². The average Bonchev–Trinajstić information content (AvgIpc) is 3.15. The molecule has 26 heavy (non-hydrogen) atoms. The van der Waals surface area contributed by atoms with Gasteiger partial charge in [0.15, 0.2) is 0 Å². The SMILES string of the molecule is Cc1cc(C)n(-c2nnc(SC(C)C(=O)N(C)C3CCCCC3)n2N)n1. The van der Waals surface area contributed by atoms with E-state index in [-0.39, 0.29) is 11.2 Å². The molecule has 0 spiro atoms. The molecule has 1 amide bonds. The van der Waals surface area contributed by atoms with Crippen LogP contribution in [0.2, 0.25) is 0 Å². The molecule has 1 saturated carbocycles. The molecular weight excluding hydrogens is 350 g/mol. The summed E-state index contributed by atoms with van der Waals surface area (Å²) < 4.78 is 3.06. The van der Waals surface area contributed by atoms with Crippen molar-refractivity contribution >= 4 is 17.7 Å². The summed E-state index contributed by atoms with van der Waals surface area (Å²) in [6.07, 6.45) is 5.86. The second-order valence-electron chi connectivity index (χ2n) is 6.99. The maximum absolute atomic E-state index is 12.8. The normalized spacial score (nSPS) is 16.6. The third-order valence-corrected chi connectivity index (χ3v) is 5.99. The number of hydrogen-bond donors (Lipinski definition) is 1. The maximum atomic E-state index is 12.8. The molecule has 2 heterocycles. The monoisotopic (exact) mass is 377 g/mol. The molecule has 1 atom stereocenters. The molecule has 8 nitrogen and oxygen atoms in total. The highest BCUT2D eigenvalue weighted by Crippen LogP contribution is 2.27. The fourth-order valence-corrected chi connectivity index (χ4v) is 4.34. The lowest BCUT2D eigenvalue weighted by Crippen LogP contribution is -2.42. The van der Waals surface area contributed by atoms with E-state index in [4.69, 9.17) is 5.84 Å². The maximum Gasteiger partial charge on any atom is 0.271 e. The van der Waals surface area contributed by atoms with Crippen LogP contribution in [0.1, 0.15) is 50.4 Å². The molecular formula is C17H27N7OS. The van der Waals surface area contributed by atoms with E-state index < -0.39 is 0 Å². The van der Waals surface area contributed by atoms with E-state index in [2.05, 4.69) is 15.3 Å². The van der Waals surface area contributed by atoms with Gasteiger partial charge in [-0.25, -0.2) is 9.36 Å². The van der Waals surface area contributed by atoms with E-state index >= 15 is 0 Å². The molecule has 142 valence electrons. The quantitative estimate of drug-likeness (QED) is 0.633. The molecule has 0 aliphatic heterocycles. The summed E-state index contributed by atoms with van der Waals surface area (Å²) >= 11 is 1.33. The number of rotatable bonds is 5. The lowest BCUT2D eigenvalue weighted by atomic mass is 9.94. The molecule has 1 unspecified atom stereocenters. The fourth-order valence-electron chi connectivity index (χ4n) is 3.47. The second-order valence-corrected chi connectivity index (χ2v) is 8.30. The largest absolute Gasteiger partial charge is 0.342 e. The average molecular weight is 378 g/mol. The molecule has 0 saturated heterocycles. The van der Waals surface area contributed by atoms with Gasteiger partial charge in [0.2, 0.25) is 11.1 Å². The first-order valence-corrected chi connectivity index (χ1v) is 9.94. The first kappa shape index (κ1) is 18.8. The number of aromatic nitrogens is 5. The zero-order chi connectivity index (χ0) is 18.8. The van der Waals surface area contributed by atoms with Crippen molar-refractivity contribution in [1.29, 1.82) is 0 Å². The molecule has 0 radical (unpaired) electrons. The van der Waals surface area contributed by atoms with Crippen molar-refractivity contribution in [1.82, 2.24) is 29.6 Å². The number of nitrogens with two attached hydrogens (primary N) is 1. The Labute approximate surface area is 158 Å². The number of amides is 1. The third-order valence-electron chi connectivity index (χ3n) is 4.95.